The van der Waals surface area contributed by atoms with E-state index in [1.54, 1.807) is 21.8 Å². The molecule has 0 bridgehead atoms. The Bertz CT molecular complexity index is 1480. The minimum Gasteiger partial charge on any atom is -0.341 e. The van der Waals surface area contributed by atoms with Crippen molar-refractivity contribution in [2.45, 2.75) is 25.8 Å². The van der Waals surface area contributed by atoms with Crippen molar-refractivity contribution < 1.29 is 4.79 Å². The van der Waals surface area contributed by atoms with Gasteiger partial charge in [0.1, 0.15) is 12.1 Å². The van der Waals surface area contributed by atoms with Crippen LogP contribution in [-0.2, 0) is 11.3 Å². The van der Waals surface area contributed by atoms with Gasteiger partial charge in [-0.3, -0.25) is 14.6 Å². The van der Waals surface area contributed by atoms with Gasteiger partial charge in [-0.1, -0.05) is 16.8 Å². The number of halogens is 1. The molecule has 6 rings (SSSR count). The molecule has 0 aliphatic carbocycles. The van der Waals surface area contributed by atoms with Crippen LogP contribution in [0.3, 0.4) is 0 Å². The van der Waals surface area contributed by atoms with Crippen molar-refractivity contribution in [3.63, 3.8) is 0 Å². The zero-order chi connectivity index (χ0) is 22.4. The SMILES string of the molecule is O=C(Cn1nccc1-c1cc(Cl)c2nnn(-c3ccc4cn[nH]c4c3)c2c1)N1CCCCC1. The number of benzene rings is 2. The van der Waals surface area contributed by atoms with Gasteiger partial charge in [0.05, 0.1) is 33.6 Å². The van der Waals surface area contributed by atoms with E-state index >= 15 is 0 Å². The van der Waals surface area contributed by atoms with Crippen molar-refractivity contribution >= 4 is 39.4 Å². The summed E-state index contributed by atoms with van der Waals surface area (Å²) < 4.78 is 3.49. The molecule has 4 heterocycles. The fourth-order valence-corrected chi connectivity index (χ4v) is 4.71. The van der Waals surface area contributed by atoms with Crippen molar-refractivity contribution in [2.24, 2.45) is 0 Å². The van der Waals surface area contributed by atoms with Crippen LogP contribution in [0.5, 0.6) is 0 Å². The summed E-state index contributed by atoms with van der Waals surface area (Å²) >= 11 is 6.60. The number of nitrogens with zero attached hydrogens (tertiary/aromatic N) is 7. The van der Waals surface area contributed by atoms with Crippen LogP contribution in [0.2, 0.25) is 5.02 Å². The topological polar surface area (TPSA) is 97.5 Å². The van der Waals surface area contributed by atoms with Gasteiger partial charge in [-0.05, 0) is 55.7 Å². The van der Waals surface area contributed by atoms with Crippen LogP contribution in [0.25, 0.3) is 38.9 Å². The number of nitrogens with one attached hydrogen (secondary N) is 1. The summed E-state index contributed by atoms with van der Waals surface area (Å²) in [5, 5.41) is 21.6. The fourth-order valence-electron chi connectivity index (χ4n) is 4.45. The zero-order valence-corrected chi connectivity index (χ0v) is 18.5. The van der Waals surface area contributed by atoms with Crippen LogP contribution in [0, 0.1) is 0 Å². The average Bonchev–Trinajstić information content (AvgIpc) is 3.58. The molecule has 1 fully saturated rings. The fraction of sp³-hybridized carbons (Fsp3) is 0.261. The van der Waals surface area contributed by atoms with E-state index in [0.29, 0.717) is 10.5 Å². The summed E-state index contributed by atoms with van der Waals surface area (Å²) in [7, 11) is 0. The van der Waals surface area contributed by atoms with Gasteiger partial charge >= 0.3 is 0 Å². The first-order valence-electron chi connectivity index (χ1n) is 11.0. The summed E-state index contributed by atoms with van der Waals surface area (Å²) in [5.41, 5.74) is 4.81. The van der Waals surface area contributed by atoms with E-state index in [1.165, 1.54) is 6.42 Å². The number of aromatic amines is 1. The Morgan fingerprint density at radius 1 is 1.09 bits per heavy atom. The van der Waals surface area contributed by atoms with Crippen molar-refractivity contribution in [3.05, 3.63) is 53.8 Å². The molecule has 0 spiro atoms. The molecule has 0 unspecified atom stereocenters. The molecule has 0 radical (unpaired) electrons. The minimum absolute atomic E-state index is 0.0893. The first kappa shape index (κ1) is 19.9. The van der Waals surface area contributed by atoms with Crippen LogP contribution >= 0.6 is 11.6 Å². The lowest BCUT2D eigenvalue weighted by molar-refractivity contribution is -0.132. The number of carbonyl (C=O) groups is 1. The van der Waals surface area contributed by atoms with E-state index in [1.807, 2.05) is 41.3 Å². The lowest BCUT2D eigenvalue weighted by atomic mass is 10.1. The number of amides is 1. The van der Waals surface area contributed by atoms with Crippen molar-refractivity contribution in [3.8, 4) is 16.9 Å². The molecule has 5 aromatic rings. The molecule has 2 aromatic carbocycles. The highest BCUT2D eigenvalue weighted by Gasteiger charge is 2.20. The highest BCUT2D eigenvalue weighted by atomic mass is 35.5. The summed E-state index contributed by atoms with van der Waals surface area (Å²) in [6, 6.07) is 11.6. The quantitative estimate of drug-likeness (QED) is 0.439. The molecule has 1 saturated heterocycles. The second-order valence-electron chi connectivity index (χ2n) is 8.28. The Morgan fingerprint density at radius 2 is 1.97 bits per heavy atom. The maximum atomic E-state index is 12.8. The molecule has 10 heteroatoms. The van der Waals surface area contributed by atoms with Crippen molar-refractivity contribution in [2.75, 3.05) is 13.1 Å². The van der Waals surface area contributed by atoms with Crippen LogP contribution in [0.15, 0.2) is 48.8 Å². The third-order valence-electron chi connectivity index (χ3n) is 6.18. The molecule has 3 aromatic heterocycles. The standard InChI is InChI=1S/C23H21ClN8O/c24-18-10-16(20-6-7-26-31(20)14-22(33)30-8-2-1-3-9-30)11-21-23(18)28-29-32(21)17-5-4-15-13-25-27-19(15)12-17/h4-7,10-13H,1-3,8-9,14H2,(H,25,27). The lowest BCUT2D eigenvalue weighted by Gasteiger charge is -2.26. The predicted octanol–water partition coefficient (Wildman–Crippen LogP) is 3.83. The van der Waals surface area contributed by atoms with Crippen LogP contribution in [-0.4, -0.2) is 58.9 Å². The molecular weight excluding hydrogens is 440 g/mol. The third-order valence-corrected chi connectivity index (χ3v) is 6.47. The number of aromatic nitrogens is 7. The van der Waals surface area contributed by atoms with E-state index in [-0.39, 0.29) is 12.5 Å². The highest BCUT2D eigenvalue weighted by molar-refractivity contribution is 6.35. The van der Waals surface area contributed by atoms with Gasteiger partial charge < -0.3 is 4.90 Å². The average molecular weight is 461 g/mol. The molecule has 9 nitrogen and oxygen atoms in total. The number of fused-ring (bicyclic) bond motifs is 2. The first-order chi connectivity index (χ1) is 16.2. The smallest absolute Gasteiger partial charge is 0.244 e. The summed E-state index contributed by atoms with van der Waals surface area (Å²) in [6.45, 7) is 1.84. The molecule has 33 heavy (non-hydrogen) atoms. The number of rotatable bonds is 4. The Hall–Kier alpha value is -3.72. The maximum Gasteiger partial charge on any atom is 0.244 e. The van der Waals surface area contributed by atoms with Crippen molar-refractivity contribution in [1.82, 2.24) is 39.9 Å². The second-order valence-corrected chi connectivity index (χ2v) is 8.69. The Labute approximate surface area is 193 Å². The third kappa shape index (κ3) is 3.54. The van der Waals surface area contributed by atoms with E-state index in [2.05, 4.69) is 25.6 Å². The van der Waals surface area contributed by atoms with E-state index in [4.69, 9.17) is 11.6 Å². The van der Waals surface area contributed by atoms with Crippen LogP contribution in [0.1, 0.15) is 19.3 Å². The highest BCUT2D eigenvalue weighted by Crippen LogP contribution is 2.31. The summed E-state index contributed by atoms with van der Waals surface area (Å²) in [5.74, 6) is 0.0893. The van der Waals surface area contributed by atoms with Gasteiger partial charge in [0, 0.05) is 30.2 Å². The number of hydrogen-bond donors (Lipinski definition) is 1. The van der Waals surface area contributed by atoms with Gasteiger partial charge in [-0.2, -0.15) is 10.2 Å². The van der Waals surface area contributed by atoms with Gasteiger partial charge in [0.25, 0.3) is 0 Å². The van der Waals surface area contributed by atoms with E-state index in [9.17, 15) is 4.79 Å². The van der Waals surface area contributed by atoms with E-state index < -0.39 is 0 Å². The number of H-pyrrole nitrogens is 1. The number of piperidine rings is 1. The normalized spacial score (nSPS) is 14.4. The largest absolute Gasteiger partial charge is 0.341 e. The summed E-state index contributed by atoms with van der Waals surface area (Å²) in [6.07, 6.45) is 6.79. The molecule has 0 atom stereocenters. The zero-order valence-electron chi connectivity index (χ0n) is 17.8. The maximum absolute atomic E-state index is 12.8. The van der Waals surface area contributed by atoms with Crippen molar-refractivity contribution in [1.29, 1.82) is 0 Å². The van der Waals surface area contributed by atoms with Gasteiger partial charge in [-0.15, -0.1) is 5.10 Å². The molecule has 1 aliphatic rings. The molecule has 1 aliphatic heterocycles. The Kier molecular flexibility index (Phi) is 4.83. The predicted molar refractivity (Wildman–Crippen MR) is 125 cm³/mol. The Morgan fingerprint density at radius 3 is 2.85 bits per heavy atom. The monoisotopic (exact) mass is 460 g/mol. The lowest BCUT2D eigenvalue weighted by Crippen LogP contribution is -2.38. The van der Waals surface area contributed by atoms with Gasteiger partial charge in [-0.25, -0.2) is 4.68 Å². The Balaban J connectivity index is 1.38. The molecule has 1 amide bonds. The number of hydrogen-bond acceptors (Lipinski definition) is 5. The van der Waals surface area contributed by atoms with Gasteiger partial charge in [0.15, 0.2) is 0 Å². The summed E-state index contributed by atoms with van der Waals surface area (Å²) in [4.78, 5) is 14.7. The molecular formula is C23H21ClN8O. The van der Waals surface area contributed by atoms with Gasteiger partial charge in [0.2, 0.25) is 5.91 Å². The molecule has 166 valence electrons. The minimum atomic E-state index is 0.0893. The molecule has 1 N–H and O–H groups in total. The first-order valence-corrected chi connectivity index (χ1v) is 11.3. The second kappa shape index (κ2) is 8.00. The van der Waals surface area contributed by atoms with Crippen LogP contribution in [0.4, 0.5) is 0 Å². The van der Waals surface area contributed by atoms with Crippen LogP contribution < -0.4 is 0 Å². The van der Waals surface area contributed by atoms with E-state index in [0.717, 1.165) is 59.3 Å². The molecule has 0 saturated carbocycles. The number of carbonyl (C=O) groups excluding carboxylic acids is 1. The number of likely N-dealkylation sites (tertiary alicyclic amines) is 1.